The quantitative estimate of drug-likeness (QED) is 0.696. The highest BCUT2D eigenvalue weighted by Crippen LogP contribution is 2.27. The summed E-state index contributed by atoms with van der Waals surface area (Å²) in [7, 11) is 0. The van der Waals surface area contributed by atoms with Gasteiger partial charge < -0.3 is 16.2 Å². The third-order valence-corrected chi connectivity index (χ3v) is 2.62. The average Bonchev–Trinajstić information content (AvgIpc) is 2.15. The van der Waals surface area contributed by atoms with Crippen molar-refractivity contribution in [2.24, 2.45) is 5.92 Å². The summed E-state index contributed by atoms with van der Waals surface area (Å²) in [5, 5.41) is 13.4. The first-order valence-electron chi connectivity index (χ1n) is 5.46. The van der Waals surface area contributed by atoms with E-state index in [0.29, 0.717) is 28.9 Å². The van der Waals surface area contributed by atoms with E-state index in [-0.39, 0.29) is 6.10 Å². The Balaban J connectivity index is 2.54. The molecule has 1 aromatic rings. The monoisotopic (exact) mass is 242 g/mol. The second-order valence-corrected chi connectivity index (χ2v) is 4.78. The molecule has 0 aliphatic heterocycles. The van der Waals surface area contributed by atoms with E-state index in [4.69, 9.17) is 17.3 Å². The van der Waals surface area contributed by atoms with Crippen molar-refractivity contribution >= 4 is 23.0 Å². The van der Waals surface area contributed by atoms with E-state index in [1.165, 1.54) is 0 Å². The molecule has 0 aliphatic rings. The summed E-state index contributed by atoms with van der Waals surface area (Å²) in [6, 6.07) is 5.35. The Morgan fingerprint density at radius 3 is 2.69 bits per heavy atom. The Bertz CT molecular complexity index is 322. The molecule has 1 unspecified atom stereocenters. The number of para-hydroxylation sites is 1. The van der Waals surface area contributed by atoms with Crippen LogP contribution in [0.1, 0.15) is 20.3 Å². The van der Waals surface area contributed by atoms with Crippen molar-refractivity contribution in [3.8, 4) is 0 Å². The minimum atomic E-state index is -0.379. The van der Waals surface area contributed by atoms with Gasteiger partial charge in [0, 0.05) is 6.54 Å². The van der Waals surface area contributed by atoms with E-state index in [0.717, 1.165) is 6.42 Å². The highest BCUT2D eigenvalue weighted by Gasteiger charge is 2.09. The molecular formula is C12H19ClN2O. The Labute approximate surface area is 102 Å². The Morgan fingerprint density at radius 2 is 2.12 bits per heavy atom. The van der Waals surface area contributed by atoms with Gasteiger partial charge in [-0.2, -0.15) is 0 Å². The third kappa shape index (κ3) is 3.91. The molecule has 0 spiro atoms. The van der Waals surface area contributed by atoms with E-state index < -0.39 is 0 Å². The number of halogens is 1. The van der Waals surface area contributed by atoms with Crippen LogP contribution in [0.5, 0.6) is 0 Å². The number of hydrogen-bond acceptors (Lipinski definition) is 3. The van der Waals surface area contributed by atoms with Gasteiger partial charge in [-0.15, -0.1) is 0 Å². The number of nitrogens with two attached hydrogens (primary N) is 1. The van der Waals surface area contributed by atoms with Gasteiger partial charge in [0.05, 0.1) is 22.5 Å². The van der Waals surface area contributed by atoms with Crippen LogP contribution in [0.2, 0.25) is 5.02 Å². The SMILES string of the molecule is CC(C)CC(O)CNc1c(N)cccc1Cl. The van der Waals surface area contributed by atoms with Crippen molar-refractivity contribution in [2.45, 2.75) is 26.4 Å². The van der Waals surface area contributed by atoms with Crippen LogP contribution in [0.15, 0.2) is 18.2 Å². The molecule has 16 heavy (non-hydrogen) atoms. The molecule has 0 amide bonds. The lowest BCUT2D eigenvalue weighted by Crippen LogP contribution is -2.21. The minimum absolute atomic E-state index is 0.379. The minimum Gasteiger partial charge on any atom is -0.397 e. The zero-order valence-corrected chi connectivity index (χ0v) is 10.5. The number of aliphatic hydroxyl groups is 1. The molecule has 0 heterocycles. The van der Waals surface area contributed by atoms with Crippen LogP contribution in [-0.2, 0) is 0 Å². The van der Waals surface area contributed by atoms with Crippen molar-refractivity contribution in [2.75, 3.05) is 17.6 Å². The summed E-state index contributed by atoms with van der Waals surface area (Å²) in [6.45, 7) is 4.62. The molecule has 0 saturated carbocycles. The van der Waals surface area contributed by atoms with E-state index in [9.17, 15) is 5.11 Å². The molecule has 1 rings (SSSR count). The molecular weight excluding hydrogens is 224 g/mol. The lowest BCUT2D eigenvalue weighted by molar-refractivity contribution is 0.161. The van der Waals surface area contributed by atoms with Gasteiger partial charge in [-0.25, -0.2) is 0 Å². The van der Waals surface area contributed by atoms with Crippen LogP contribution in [0.25, 0.3) is 0 Å². The summed E-state index contributed by atoms with van der Waals surface area (Å²) in [5.41, 5.74) is 7.08. The summed E-state index contributed by atoms with van der Waals surface area (Å²) >= 11 is 5.99. The molecule has 0 radical (unpaired) electrons. The molecule has 3 nitrogen and oxygen atoms in total. The molecule has 0 saturated heterocycles. The first-order valence-corrected chi connectivity index (χ1v) is 5.84. The van der Waals surface area contributed by atoms with Crippen LogP contribution in [0.3, 0.4) is 0 Å². The number of nitrogen functional groups attached to an aromatic ring is 1. The Hall–Kier alpha value is -0.930. The highest BCUT2D eigenvalue weighted by atomic mass is 35.5. The van der Waals surface area contributed by atoms with Crippen LogP contribution in [0, 0.1) is 5.92 Å². The molecule has 4 N–H and O–H groups in total. The van der Waals surface area contributed by atoms with Crippen LogP contribution >= 0.6 is 11.6 Å². The van der Waals surface area contributed by atoms with E-state index in [1.807, 2.05) is 0 Å². The van der Waals surface area contributed by atoms with Crippen molar-refractivity contribution in [3.63, 3.8) is 0 Å². The second kappa shape index (κ2) is 5.97. The molecule has 0 aliphatic carbocycles. The smallest absolute Gasteiger partial charge is 0.0764 e. The van der Waals surface area contributed by atoms with Gasteiger partial charge in [-0.3, -0.25) is 0 Å². The van der Waals surface area contributed by atoms with Gasteiger partial charge in [0.15, 0.2) is 0 Å². The van der Waals surface area contributed by atoms with Crippen molar-refractivity contribution in [1.82, 2.24) is 0 Å². The topological polar surface area (TPSA) is 58.3 Å². The van der Waals surface area contributed by atoms with Gasteiger partial charge in [0.1, 0.15) is 0 Å². The highest BCUT2D eigenvalue weighted by molar-refractivity contribution is 6.33. The normalized spacial score (nSPS) is 12.8. The lowest BCUT2D eigenvalue weighted by Gasteiger charge is -2.16. The summed E-state index contributed by atoms with van der Waals surface area (Å²) in [4.78, 5) is 0. The number of anilines is 2. The van der Waals surface area contributed by atoms with Gasteiger partial charge in [-0.1, -0.05) is 31.5 Å². The maximum absolute atomic E-state index is 9.72. The van der Waals surface area contributed by atoms with Gasteiger partial charge in [0.2, 0.25) is 0 Å². The number of nitrogens with one attached hydrogen (secondary N) is 1. The number of benzene rings is 1. The summed E-state index contributed by atoms with van der Waals surface area (Å²) in [6.07, 6.45) is 0.382. The predicted molar refractivity (Wildman–Crippen MR) is 69.8 cm³/mol. The molecule has 90 valence electrons. The van der Waals surface area contributed by atoms with Gasteiger partial charge in [-0.05, 0) is 24.5 Å². The van der Waals surface area contributed by atoms with Crippen LogP contribution in [0.4, 0.5) is 11.4 Å². The van der Waals surface area contributed by atoms with Crippen LogP contribution < -0.4 is 11.1 Å². The van der Waals surface area contributed by atoms with Gasteiger partial charge >= 0.3 is 0 Å². The molecule has 0 bridgehead atoms. The van der Waals surface area contributed by atoms with E-state index >= 15 is 0 Å². The van der Waals surface area contributed by atoms with Crippen molar-refractivity contribution in [1.29, 1.82) is 0 Å². The maximum Gasteiger partial charge on any atom is 0.0764 e. The second-order valence-electron chi connectivity index (χ2n) is 4.37. The Kier molecular flexibility index (Phi) is 4.90. The molecule has 0 fully saturated rings. The fraction of sp³-hybridized carbons (Fsp3) is 0.500. The fourth-order valence-electron chi connectivity index (χ4n) is 1.57. The number of hydrogen-bond donors (Lipinski definition) is 3. The van der Waals surface area contributed by atoms with E-state index in [2.05, 4.69) is 19.2 Å². The fourth-order valence-corrected chi connectivity index (χ4v) is 1.82. The molecule has 0 aromatic heterocycles. The van der Waals surface area contributed by atoms with Crippen molar-refractivity contribution < 1.29 is 5.11 Å². The largest absolute Gasteiger partial charge is 0.397 e. The third-order valence-electron chi connectivity index (χ3n) is 2.30. The first kappa shape index (κ1) is 13.1. The van der Waals surface area contributed by atoms with Crippen LogP contribution in [-0.4, -0.2) is 17.8 Å². The number of rotatable bonds is 5. The first-order chi connectivity index (χ1) is 7.50. The molecule has 1 aromatic carbocycles. The van der Waals surface area contributed by atoms with E-state index in [1.54, 1.807) is 18.2 Å². The summed E-state index contributed by atoms with van der Waals surface area (Å²) in [5.74, 6) is 0.473. The Morgan fingerprint density at radius 1 is 1.44 bits per heavy atom. The zero-order valence-electron chi connectivity index (χ0n) is 9.70. The molecule has 1 atom stereocenters. The predicted octanol–water partition coefficient (Wildman–Crippen LogP) is 2.74. The zero-order chi connectivity index (χ0) is 12.1. The summed E-state index contributed by atoms with van der Waals surface area (Å²) < 4.78 is 0. The maximum atomic E-state index is 9.72. The standard InChI is InChI=1S/C12H19ClN2O/c1-8(2)6-9(16)7-15-12-10(13)4-3-5-11(12)14/h3-5,8-9,15-16H,6-7,14H2,1-2H3. The number of aliphatic hydroxyl groups excluding tert-OH is 1. The van der Waals surface area contributed by atoms with Gasteiger partial charge in [0.25, 0.3) is 0 Å². The van der Waals surface area contributed by atoms with Crippen molar-refractivity contribution in [3.05, 3.63) is 23.2 Å². The lowest BCUT2D eigenvalue weighted by atomic mass is 10.1. The average molecular weight is 243 g/mol. The molecule has 4 heteroatoms.